The molecular weight excluding hydrogens is 290 g/mol. The zero-order valence-corrected chi connectivity index (χ0v) is 12.4. The van der Waals surface area contributed by atoms with Gasteiger partial charge in [-0.05, 0) is 73.5 Å². The van der Waals surface area contributed by atoms with Gasteiger partial charge in [-0.1, -0.05) is 0 Å². The minimum atomic E-state index is 0.586. The Labute approximate surface area is 116 Å². The van der Waals surface area contributed by atoms with E-state index in [2.05, 4.69) is 57.5 Å². The molecule has 96 valence electrons. The molecule has 4 heteroatoms. The van der Waals surface area contributed by atoms with E-state index < -0.39 is 0 Å². The minimum Gasteiger partial charge on any atom is -0.306 e. The number of hydrogen-bond acceptors (Lipinski definition) is 2. The summed E-state index contributed by atoms with van der Waals surface area (Å²) in [6, 6.07) is 4.34. The van der Waals surface area contributed by atoms with Crippen LogP contribution in [0.25, 0.3) is 5.52 Å². The summed E-state index contributed by atoms with van der Waals surface area (Å²) in [6.45, 7) is 4.46. The molecule has 2 aromatic rings. The molecule has 0 aliphatic carbocycles. The topological polar surface area (TPSA) is 20.5 Å². The van der Waals surface area contributed by atoms with Crippen molar-refractivity contribution >= 4 is 21.4 Å². The highest BCUT2D eigenvalue weighted by Gasteiger charge is 2.23. The Morgan fingerprint density at radius 1 is 1.33 bits per heavy atom. The van der Waals surface area contributed by atoms with E-state index in [0.29, 0.717) is 5.92 Å². The van der Waals surface area contributed by atoms with E-state index in [4.69, 9.17) is 4.98 Å². The standard InChI is InChI=1S/C14H18BrN3/c1-10-3-8-18-12(9-10)13(15)16-14(18)11-4-6-17(2)7-5-11/h3,8-9,11H,4-7H2,1-2H3. The van der Waals surface area contributed by atoms with Gasteiger partial charge in [0.1, 0.15) is 10.4 Å². The highest BCUT2D eigenvalue weighted by Crippen LogP contribution is 2.30. The lowest BCUT2D eigenvalue weighted by Crippen LogP contribution is -2.29. The lowest BCUT2D eigenvalue weighted by Gasteiger charge is -2.28. The number of rotatable bonds is 1. The SMILES string of the molecule is Cc1ccn2c(C3CCN(C)CC3)nc(Br)c2c1. The first kappa shape index (κ1) is 12.2. The third-order valence-corrected chi connectivity index (χ3v) is 4.45. The summed E-state index contributed by atoms with van der Waals surface area (Å²) in [5, 5.41) is 0. The number of halogens is 1. The second-order valence-corrected chi connectivity index (χ2v) is 6.05. The third-order valence-electron chi connectivity index (χ3n) is 3.87. The molecule has 0 amide bonds. The van der Waals surface area contributed by atoms with E-state index in [9.17, 15) is 0 Å². The van der Waals surface area contributed by atoms with Crippen LogP contribution in [0, 0.1) is 6.92 Å². The zero-order valence-electron chi connectivity index (χ0n) is 10.9. The van der Waals surface area contributed by atoms with E-state index in [0.717, 1.165) is 4.60 Å². The number of nitrogens with zero attached hydrogens (tertiary/aromatic N) is 3. The fourth-order valence-corrected chi connectivity index (χ4v) is 3.22. The highest BCUT2D eigenvalue weighted by molar-refractivity contribution is 9.10. The first-order chi connectivity index (χ1) is 8.65. The largest absolute Gasteiger partial charge is 0.306 e. The summed E-state index contributed by atoms with van der Waals surface area (Å²) < 4.78 is 3.22. The molecule has 0 bridgehead atoms. The Morgan fingerprint density at radius 3 is 2.78 bits per heavy atom. The summed E-state index contributed by atoms with van der Waals surface area (Å²) in [6.07, 6.45) is 4.56. The summed E-state index contributed by atoms with van der Waals surface area (Å²) in [4.78, 5) is 7.14. The van der Waals surface area contributed by atoms with Crippen molar-refractivity contribution in [3.05, 3.63) is 34.3 Å². The maximum absolute atomic E-state index is 4.74. The Bertz CT molecular complexity index is 568. The van der Waals surface area contributed by atoms with Crippen molar-refractivity contribution in [2.45, 2.75) is 25.7 Å². The molecule has 3 heterocycles. The van der Waals surface area contributed by atoms with Crippen LogP contribution in [0.15, 0.2) is 22.9 Å². The number of fused-ring (bicyclic) bond motifs is 1. The smallest absolute Gasteiger partial charge is 0.132 e. The zero-order chi connectivity index (χ0) is 12.7. The van der Waals surface area contributed by atoms with Gasteiger partial charge in [-0.3, -0.25) is 0 Å². The molecule has 2 aromatic heterocycles. The van der Waals surface area contributed by atoms with Gasteiger partial charge >= 0.3 is 0 Å². The van der Waals surface area contributed by atoms with Crippen LogP contribution in [0.3, 0.4) is 0 Å². The summed E-state index contributed by atoms with van der Waals surface area (Å²) in [7, 11) is 2.19. The van der Waals surface area contributed by atoms with E-state index in [1.165, 1.54) is 42.8 Å². The normalized spacial score (nSPS) is 18.6. The van der Waals surface area contributed by atoms with Crippen LogP contribution in [0.2, 0.25) is 0 Å². The second kappa shape index (κ2) is 4.67. The molecule has 0 spiro atoms. The molecule has 0 radical (unpaired) electrons. The molecule has 0 N–H and O–H groups in total. The number of aromatic nitrogens is 2. The molecule has 0 unspecified atom stereocenters. The van der Waals surface area contributed by atoms with E-state index >= 15 is 0 Å². The predicted octanol–water partition coefficient (Wildman–Crippen LogP) is 3.21. The van der Waals surface area contributed by atoms with Crippen LogP contribution in [0.4, 0.5) is 0 Å². The van der Waals surface area contributed by atoms with E-state index in [-0.39, 0.29) is 0 Å². The van der Waals surface area contributed by atoms with Crippen LogP contribution in [0.5, 0.6) is 0 Å². The van der Waals surface area contributed by atoms with Crippen LogP contribution >= 0.6 is 15.9 Å². The minimum absolute atomic E-state index is 0.586. The summed E-state index contributed by atoms with van der Waals surface area (Å²) in [5.41, 5.74) is 2.46. The molecule has 0 aromatic carbocycles. The van der Waals surface area contributed by atoms with Crippen molar-refractivity contribution in [3.63, 3.8) is 0 Å². The molecule has 0 atom stereocenters. The van der Waals surface area contributed by atoms with E-state index in [1.807, 2.05) is 0 Å². The molecule has 1 aliphatic rings. The maximum atomic E-state index is 4.74. The molecule has 3 nitrogen and oxygen atoms in total. The van der Waals surface area contributed by atoms with Gasteiger partial charge in [-0.2, -0.15) is 0 Å². The van der Waals surface area contributed by atoms with Crippen molar-refractivity contribution in [3.8, 4) is 0 Å². The number of hydrogen-bond donors (Lipinski definition) is 0. The van der Waals surface area contributed by atoms with Crippen LogP contribution in [-0.4, -0.2) is 34.4 Å². The molecule has 0 saturated carbocycles. The quantitative estimate of drug-likeness (QED) is 0.806. The van der Waals surface area contributed by atoms with Gasteiger partial charge < -0.3 is 9.30 Å². The molecule has 3 rings (SSSR count). The van der Waals surface area contributed by atoms with Gasteiger partial charge in [0.15, 0.2) is 0 Å². The fourth-order valence-electron chi connectivity index (χ4n) is 2.73. The van der Waals surface area contributed by atoms with Gasteiger partial charge in [-0.15, -0.1) is 0 Å². The monoisotopic (exact) mass is 307 g/mol. The van der Waals surface area contributed by atoms with Gasteiger partial charge in [0.05, 0.1) is 5.52 Å². The van der Waals surface area contributed by atoms with Crippen molar-refractivity contribution in [2.24, 2.45) is 0 Å². The lowest BCUT2D eigenvalue weighted by molar-refractivity contribution is 0.251. The highest BCUT2D eigenvalue weighted by atomic mass is 79.9. The van der Waals surface area contributed by atoms with Crippen LogP contribution in [0.1, 0.15) is 30.1 Å². The van der Waals surface area contributed by atoms with Crippen molar-refractivity contribution in [2.75, 3.05) is 20.1 Å². The Balaban J connectivity index is 2.02. The van der Waals surface area contributed by atoms with E-state index in [1.54, 1.807) is 0 Å². The maximum Gasteiger partial charge on any atom is 0.132 e. The van der Waals surface area contributed by atoms with Crippen molar-refractivity contribution < 1.29 is 0 Å². The number of pyridine rings is 1. The van der Waals surface area contributed by atoms with Crippen LogP contribution < -0.4 is 0 Å². The fraction of sp³-hybridized carbons (Fsp3) is 0.500. The average Bonchev–Trinajstić information content (AvgIpc) is 2.68. The Morgan fingerprint density at radius 2 is 2.06 bits per heavy atom. The average molecular weight is 308 g/mol. The molecule has 1 aliphatic heterocycles. The molecule has 1 fully saturated rings. The Kier molecular flexibility index (Phi) is 3.16. The second-order valence-electron chi connectivity index (χ2n) is 5.30. The lowest BCUT2D eigenvalue weighted by atomic mass is 9.96. The van der Waals surface area contributed by atoms with Gasteiger partial charge in [0.2, 0.25) is 0 Å². The number of piperidine rings is 1. The molecule has 18 heavy (non-hydrogen) atoms. The predicted molar refractivity (Wildman–Crippen MR) is 77.1 cm³/mol. The number of likely N-dealkylation sites (tertiary alicyclic amines) is 1. The third kappa shape index (κ3) is 2.08. The Hall–Kier alpha value is -0.870. The summed E-state index contributed by atoms with van der Waals surface area (Å²) in [5.74, 6) is 1.80. The number of imidazole rings is 1. The van der Waals surface area contributed by atoms with Gasteiger partial charge in [0.25, 0.3) is 0 Å². The van der Waals surface area contributed by atoms with Gasteiger partial charge in [0, 0.05) is 12.1 Å². The van der Waals surface area contributed by atoms with Gasteiger partial charge in [-0.25, -0.2) is 4.98 Å². The van der Waals surface area contributed by atoms with Crippen molar-refractivity contribution in [1.29, 1.82) is 0 Å². The summed E-state index contributed by atoms with van der Waals surface area (Å²) >= 11 is 3.59. The first-order valence-electron chi connectivity index (χ1n) is 6.48. The molecule has 1 saturated heterocycles. The van der Waals surface area contributed by atoms with Crippen LogP contribution in [-0.2, 0) is 0 Å². The van der Waals surface area contributed by atoms with Crippen molar-refractivity contribution in [1.82, 2.24) is 14.3 Å². The number of aryl methyl sites for hydroxylation is 1. The molecular formula is C14H18BrN3. The first-order valence-corrected chi connectivity index (χ1v) is 7.27.